The largest absolute Gasteiger partial charge is 0.398 e. The molecule has 0 aliphatic heterocycles. The maximum absolute atomic E-state index is 11.0. The third kappa shape index (κ3) is 3.23. The van der Waals surface area contributed by atoms with E-state index in [4.69, 9.17) is 17.3 Å². The first-order chi connectivity index (χ1) is 9.49. The van der Waals surface area contributed by atoms with Gasteiger partial charge < -0.3 is 5.73 Å². The zero-order chi connectivity index (χ0) is 14.7. The molecule has 0 heterocycles. The summed E-state index contributed by atoms with van der Waals surface area (Å²) in [7, 11) is 0. The lowest BCUT2D eigenvalue weighted by molar-refractivity contribution is -0.385. The number of nitrogens with two attached hydrogens (primary N) is 1. The number of benzene rings is 2. The second kappa shape index (κ2) is 6.15. The van der Waals surface area contributed by atoms with Crippen LogP contribution >= 0.6 is 23.4 Å². The average molecular weight is 309 g/mol. The van der Waals surface area contributed by atoms with Crippen molar-refractivity contribution in [1.29, 1.82) is 0 Å². The first-order valence-corrected chi connectivity index (χ1v) is 7.26. The molecule has 0 radical (unpaired) electrons. The predicted octanol–water partition coefficient (Wildman–Crippen LogP) is 4.43. The number of hydrogen-bond donors (Lipinski definition) is 1. The lowest BCUT2D eigenvalue weighted by Gasteiger charge is -2.08. The number of anilines is 1. The Morgan fingerprint density at radius 3 is 2.80 bits per heavy atom. The second-order valence-electron chi connectivity index (χ2n) is 4.31. The molecule has 2 aromatic carbocycles. The molecule has 0 saturated heterocycles. The standard InChI is InChI=1S/C14H13ClN2O2S/c1-9-3-2-4-13(14(9)16)20-8-10-7-11(15)5-6-12(10)17(18)19/h2-7H,8,16H2,1H3. The van der Waals surface area contributed by atoms with Crippen LogP contribution in [0.25, 0.3) is 0 Å². The number of nitrogens with zero attached hydrogens (tertiary/aromatic N) is 1. The van der Waals surface area contributed by atoms with Crippen LogP contribution in [0.2, 0.25) is 5.02 Å². The minimum atomic E-state index is -0.397. The fraction of sp³-hybridized carbons (Fsp3) is 0.143. The van der Waals surface area contributed by atoms with E-state index in [-0.39, 0.29) is 5.69 Å². The topological polar surface area (TPSA) is 69.2 Å². The normalized spacial score (nSPS) is 10.5. The van der Waals surface area contributed by atoms with E-state index in [0.717, 1.165) is 10.5 Å². The van der Waals surface area contributed by atoms with Crippen LogP contribution < -0.4 is 5.73 Å². The Hall–Kier alpha value is -1.72. The molecular weight excluding hydrogens is 296 g/mol. The molecular formula is C14H13ClN2O2S. The van der Waals surface area contributed by atoms with Crippen LogP contribution in [0.4, 0.5) is 11.4 Å². The van der Waals surface area contributed by atoms with E-state index in [1.165, 1.54) is 23.9 Å². The number of thioether (sulfide) groups is 1. The van der Waals surface area contributed by atoms with Crippen molar-refractivity contribution in [3.63, 3.8) is 0 Å². The summed E-state index contributed by atoms with van der Waals surface area (Å²) >= 11 is 7.37. The summed E-state index contributed by atoms with van der Waals surface area (Å²) in [5, 5.41) is 11.5. The molecule has 104 valence electrons. The average Bonchev–Trinajstić information content (AvgIpc) is 2.40. The lowest BCUT2D eigenvalue weighted by atomic mass is 10.2. The Balaban J connectivity index is 2.24. The number of rotatable bonds is 4. The summed E-state index contributed by atoms with van der Waals surface area (Å²) in [5.74, 6) is 0.449. The molecule has 0 unspecified atom stereocenters. The molecule has 0 aromatic heterocycles. The summed E-state index contributed by atoms with van der Waals surface area (Å²) in [4.78, 5) is 11.5. The number of hydrogen-bond acceptors (Lipinski definition) is 4. The molecule has 0 fully saturated rings. The van der Waals surface area contributed by atoms with Gasteiger partial charge in [-0.15, -0.1) is 11.8 Å². The van der Waals surface area contributed by atoms with Gasteiger partial charge in [0.1, 0.15) is 0 Å². The number of halogens is 1. The molecule has 0 aliphatic rings. The van der Waals surface area contributed by atoms with Crippen LogP contribution in [0.15, 0.2) is 41.3 Å². The summed E-state index contributed by atoms with van der Waals surface area (Å²) in [6.45, 7) is 1.93. The van der Waals surface area contributed by atoms with E-state index in [9.17, 15) is 10.1 Å². The summed E-state index contributed by atoms with van der Waals surface area (Å²) in [5.41, 5.74) is 8.37. The molecule has 6 heteroatoms. The fourth-order valence-electron chi connectivity index (χ4n) is 1.78. The lowest BCUT2D eigenvalue weighted by Crippen LogP contribution is -1.95. The first kappa shape index (κ1) is 14.7. The molecule has 2 aromatic rings. The van der Waals surface area contributed by atoms with Crippen LogP contribution in [0, 0.1) is 17.0 Å². The monoisotopic (exact) mass is 308 g/mol. The Morgan fingerprint density at radius 1 is 1.35 bits per heavy atom. The van der Waals surface area contributed by atoms with E-state index >= 15 is 0 Å². The minimum Gasteiger partial charge on any atom is -0.398 e. The van der Waals surface area contributed by atoms with Gasteiger partial charge in [-0.3, -0.25) is 10.1 Å². The number of para-hydroxylation sites is 1. The van der Waals surface area contributed by atoms with Crippen molar-refractivity contribution in [2.75, 3.05) is 5.73 Å². The fourth-order valence-corrected chi connectivity index (χ4v) is 3.01. The van der Waals surface area contributed by atoms with Gasteiger partial charge in [-0.1, -0.05) is 23.7 Å². The molecule has 2 rings (SSSR count). The second-order valence-corrected chi connectivity index (χ2v) is 5.76. The van der Waals surface area contributed by atoms with Crippen molar-refractivity contribution in [1.82, 2.24) is 0 Å². The smallest absolute Gasteiger partial charge is 0.273 e. The number of nitrogen functional groups attached to an aromatic ring is 1. The van der Waals surface area contributed by atoms with Gasteiger partial charge in [0, 0.05) is 33.0 Å². The van der Waals surface area contributed by atoms with Crippen LogP contribution in [0.5, 0.6) is 0 Å². The van der Waals surface area contributed by atoms with Gasteiger partial charge in [0.2, 0.25) is 0 Å². The highest BCUT2D eigenvalue weighted by Crippen LogP contribution is 2.33. The quantitative estimate of drug-likeness (QED) is 0.392. The Morgan fingerprint density at radius 2 is 2.10 bits per heavy atom. The highest BCUT2D eigenvalue weighted by molar-refractivity contribution is 7.98. The maximum atomic E-state index is 11.0. The van der Waals surface area contributed by atoms with Crippen LogP contribution in [-0.2, 0) is 5.75 Å². The zero-order valence-corrected chi connectivity index (χ0v) is 12.4. The van der Waals surface area contributed by atoms with Crippen molar-refractivity contribution < 1.29 is 4.92 Å². The number of aryl methyl sites for hydroxylation is 1. The van der Waals surface area contributed by atoms with Crippen LogP contribution in [0.1, 0.15) is 11.1 Å². The first-order valence-electron chi connectivity index (χ1n) is 5.89. The SMILES string of the molecule is Cc1cccc(SCc2cc(Cl)ccc2[N+](=O)[O-])c1N. The van der Waals surface area contributed by atoms with Gasteiger partial charge in [0.25, 0.3) is 5.69 Å². The van der Waals surface area contributed by atoms with E-state index < -0.39 is 4.92 Å². The molecule has 20 heavy (non-hydrogen) atoms. The number of nitro groups is 1. The molecule has 4 nitrogen and oxygen atoms in total. The summed E-state index contributed by atoms with van der Waals surface area (Å²) in [6, 6.07) is 10.3. The highest BCUT2D eigenvalue weighted by atomic mass is 35.5. The third-order valence-corrected chi connectivity index (χ3v) is 4.26. The molecule has 0 spiro atoms. The number of nitro benzene ring substituents is 1. The van der Waals surface area contributed by atoms with Crippen LogP contribution in [0.3, 0.4) is 0 Å². The van der Waals surface area contributed by atoms with E-state index in [1.54, 1.807) is 6.07 Å². The van der Waals surface area contributed by atoms with Crippen molar-refractivity contribution in [2.45, 2.75) is 17.6 Å². The van der Waals surface area contributed by atoms with Gasteiger partial charge in [-0.05, 0) is 30.7 Å². The predicted molar refractivity (Wildman–Crippen MR) is 83.3 cm³/mol. The molecule has 0 bridgehead atoms. The van der Waals surface area contributed by atoms with E-state index in [0.29, 0.717) is 22.0 Å². The summed E-state index contributed by atoms with van der Waals surface area (Å²) in [6.07, 6.45) is 0. The van der Waals surface area contributed by atoms with Crippen molar-refractivity contribution in [3.8, 4) is 0 Å². The van der Waals surface area contributed by atoms with Gasteiger partial charge in [-0.25, -0.2) is 0 Å². The Kier molecular flexibility index (Phi) is 4.52. The van der Waals surface area contributed by atoms with E-state index in [1.807, 2.05) is 25.1 Å². The maximum Gasteiger partial charge on any atom is 0.273 e. The van der Waals surface area contributed by atoms with Gasteiger partial charge in [0.05, 0.1) is 4.92 Å². The Bertz CT molecular complexity index is 662. The molecule has 0 atom stereocenters. The van der Waals surface area contributed by atoms with Gasteiger partial charge in [-0.2, -0.15) is 0 Å². The molecule has 0 saturated carbocycles. The van der Waals surface area contributed by atoms with Crippen LogP contribution in [-0.4, -0.2) is 4.92 Å². The Labute approximate surface area is 126 Å². The van der Waals surface area contributed by atoms with Crippen molar-refractivity contribution in [3.05, 3.63) is 62.7 Å². The minimum absolute atomic E-state index is 0.0770. The zero-order valence-electron chi connectivity index (χ0n) is 10.8. The van der Waals surface area contributed by atoms with Crippen molar-refractivity contribution in [2.24, 2.45) is 0 Å². The third-order valence-electron chi connectivity index (χ3n) is 2.91. The molecule has 0 aliphatic carbocycles. The van der Waals surface area contributed by atoms with Gasteiger partial charge in [0.15, 0.2) is 0 Å². The highest BCUT2D eigenvalue weighted by Gasteiger charge is 2.14. The summed E-state index contributed by atoms with van der Waals surface area (Å²) < 4.78 is 0. The van der Waals surface area contributed by atoms with Gasteiger partial charge >= 0.3 is 0 Å². The molecule has 0 amide bonds. The molecule has 2 N–H and O–H groups in total. The van der Waals surface area contributed by atoms with E-state index in [2.05, 4.69) is 0 Å². The van der Waals surface area contributed by atoms with Crippen molar-refractivity contribution >= 4 is 34.7 Å².